The van der Waals surface area contributed by atoms with E-state index in [1.165, 1.54) is 0 Å². The van der Waals surface area contributed by atoms with E-state index >= 15 is 0 Å². The standard InChI is InChI=1S/C20H29NO2/c1-7-9-10-15(3)11-17(5)18(6)12-19(8-2)20(23)21-13-16(4)14-22/h7-12,16,22H,1,5,13-14H2,2-4,6H3,(H,21,23)/b10-9-,15-11-,18-12+,19-8+. The van der Waals surface area contributed by atoms with E-state index in [4.69, 9.17) is 5.11 Å². The molecule has 0 aliphatic heterocycles. The number of allylic oxidation sites excluding steroid dienone is 8. The van der Waals surface area contributed by atoms with Crippen molar-refractivity contribution in [1.82, 2.24) is 5.32 Å². The zero-order valence-electron chi connectivity index (χ0n) is 14.7. The Hall–Kier alpha value is -2.13. The Labute approximate surface area is 140 Å². The summed E-state index contributed by atoms with van der Waals surface area (Å²) < 4.78 is 0. The first-order valence-electron chi connectivity index (χ1n) is 7.76. The largest absolute Gasteiger partial charge is 0.396 e. The van der Waals surface area contributed by atoms with Gasteiger partial charge in [0.1, 0.15) is 0 Å². The summed E-state index contributed by atoms with van der Waals surface area (Å²) in [6, 6.07) is 0. The first kappa shape index (κ1) is 20.9. The molecule has 0 fully saturated rings. The van der Waals surface area contributed by atoms with Crippen LogP contribution in [0.4, 0.5) is 0 Å². The van der Waals surface area contributed by atoms with Crippen LogP contribution in [-0.2, 0) is 4.79 Å². The summed E-state index contributed by atoms with van der Waals surface area (Å²) >= 11 is 0. The van der Waals surface area contributed by atoms with Crippen LogP contribution in [0, 0.1) is 5.92 Å². The SMILES string of the molecule is C=C/C=C\C(C)=C/C(=C)/C(C)=C/C(=C\C)C(=O)NCC(C)CO. The van der Waals surface area contributed by atoms with Gasteiger partial charge in [-0.05, 0) is 43.9 Å². The lowest BCUT2D eigenvalue weighted by molar-refractivity contribution is -0.117. The van der Waals surface area contributed by atoms with Gasteiger partial charge < -0.3 is 10.4 Å². The van der Waals surface area contributed by atoms with Crippen LogP contribution in [0.5, 0.6) is 0 Å². The molecule has 0 spiro atoms. The van der Waals surface area contributed by atoms with E-state index in [9.17, 15) is 4.79 Å². The van der Waals surface area contributed by atoms with Crippen molar-refractivity contribution >= 4 is 5.91 Å². The lowest BCUT2D eigenvalue weighted by Crippen LogP contribution is -2.30. The van der Waals surface area contributed by atoms with E-state index in [1.54, 1.807) is 12.2 Å². The number of rotatable bonds is 9. The zero-order valence-corrected chi connectivity index (χ0v) is 14.7. The normalized spacial score (nSPS) is 14.7. The highest BCUT2D eigenvalue weighted by atomic mass is 16.3. The summed E-state index contributed by atoms with van der Waals surface area (Å²) in [6.07, 6.45) is 11.1. The van der Waals surface area contributed by atoms with Gasteiger partial charge in [-0.25, -0.2) is 0 Å². The maximum absolute atomic E-state index is 12.1. The van der Waals surface area contributed by atoms with Crippen LogP contribution in [0.15, 0.2) is 71.9 Å². The fourth-order valence-corrected chi connectivity index (χ4v) is 1.70. The Morgan fingerprint density at radius 3 is 2.48 bits per heavy atom. The Balaban J connectivity index is 4.97. The van der Waals surface area contributed by atoms with Crippen molar-refractivity contribution in [2.45, 2.75) is 27.7 Å². The molecule has 1 atom stereocenters. The molecular formula is C20H29NO2. The molecule has 1 unspecified atom stereocenters. The van der Waals surface area contributed by atoms with Crippen LogP contribution in [0.3, 0.4) is 0 Å². The van der Waals surface area contributed by atoms with Gasteiger partial charge in [-0.2, -0.15) is 0 Å². The monoisotopic (exact) mass is 315 g/mol. The molecule has 0 aromatic rings. The smallest absolute Gasteiger partial charge is 0.250 e. The number of nitrogens with one attached hydrogen (secondary N) is 1. The van der Waals surface area contributed by atoms with Gasteiger partial charge in [0, 0.05) is 18.7 Å². The van der Waals surface area contributed by atoms with Crippen LogP contribution in [0.1, 0.15) is 27.7 Å². The molecule has 0 saturated heterocycles. The van der Waals surface area contributed by atoms with Crippen LogP contribution in [-0.4, -0.2) is 24.2 Å². The summed E-state index contributed by atoms with van der Waals surface area (Å²) in [7, 11) is 0. The highest BCUT2D eigenvalue weighted by molar-refractivity contribution is 5.96. The van der Waals surface area contributed by atoms with Crippen molar-refractivity contribution in [2.75, 3.05) is 13.2 Å². The summed E-state index contributed by atoms with van der Waals surface area (Å²) in [5.74, 6) is -0.105. The molecule has 3 nitrogen and oxygen atoms in total. The van der Waals surface area contributed by atoms with E-state index in [1.807, 2.05) is 52.0 Å². The average Bonchev–Trinajstić information content (AvgIpc) is 2.54. The molecule has 0 saturated carbocycles. The third-order valence-corrected chi connectivity index (χ3v) is 3.27. The Morgan fingerprint density at radius 2 is 1.96 bits per heavy atom. The number of amides is 1. The molecule has 126 valence electrons. The zero-order chi connectivity index (χ0) is 17.8. The maximum Gasteiger partial charge on any atom is 0.250 e. The summed E-state index contributed by atoms with van der Waals surface area (Å²) in [6.45, 7) is 15.8. The minimum atomic E-state index is -0.146. The Bertz CT molecular complexity index is 548. The average molecular weight is 315 g/mol. The van der Waals surface area contributed by atoms with E-state index in [2.05, 4.69) is 18.5 Å². The molecule has 0 bridgehead atoms. The first-order valence-corrected chi connectivity index (χ1v) is 7.76. The minimum Gasteiger partial charge on any atom is -0.396 e. The molecule has 23 heavy (non-hydrogen) atoms. The molecule has 0 aliphatic carbocycles. The third-order valence-electron chi connectivity index (χ3n) is 3.27. The van der Waals surface area contributed by atoms with Crippen LogP contribution >= 0.6 is 0 Å². The number of carbonyl (C=O) groups excluding carboxylic acids is 1. The highest BCUT2D eigenvalue weighted by Gasteiger charge is 2.08. The van der Waals surface area contributed by atoms with Gasteiger partial charge in [0.15, 0.2) is 0 Å². The minimum absolute atomic E-state index is 0.0410. The number of hydrogen-bond acceptors (Lipinski definition) is 2. The van der Waals surface area contributed by atoms with Crippen LogP contribution in [0.2, 0.25) is 0 Å². The molecule has 3 heteroatoms. The second-order valence-electron chi connectivity index (χ2n) is 5.58. The van der Waals surface area contributed by atoms with Crippen molar-refractivity contribution in [3.05, 3.63) is 71.9 Å². The van der Waals surface area contributed by atoms with E-state index < -0.39 is 0 Å². The first-order chi connectivity index (χ1) is 10.8. The van der Waals surface area contributed by atoms with Crippen molar-refractivity contribution in [2.24, 2.45) is 5.92 Å². The Kier molecular flexibility index (Phi) is 10.4. The van der Waals surface area contributed by atoms with Gasteiger partial charge in [-0.1, -0.05) is 56.0 Å². The lowest BCUT2D eigenvalue weighted by atomic mass is 10.0. The predicted octanol–water partition coefficient (Wildman–Crippen LogP) is 3.87. The quantitative estimate of drug-likeness (QED) is 0.501. The molecule has 0 rings (SSSR count). The number of aliphatic hydroxyl groups is 1. The van der Waals surface area contributed by atoms with Crippen LogP contribution in [0.25, 0.3) is 0 Å². The second-order valence-corrected chi connectivity index (χ2v) is 5.58. The van der Waals surface area contributed by atoms with Gasteiger partial charge in [-0.3, -0.25) is 4.79 Å². The van der Waals surface area contributed by atoms with E-state index in [0.717, 1.165) is 16.7 Å². The van der Waals surface area contributed by atoms with Crippen molar-refractivity contribution < 1.29 is 9.90 Å². The molecule has 0 aliphatic rings. The third kappa shape index (κ3) is 8.79. The van der Waals surface area contributed by atoms with Gasteiger partial charge in [0.2, 0.25) is 0 Å². The molecule has 0 heterocycles. The molecule has 0 aromatic heterocycles. The maximum atomic E-state index is 12.1. The predicted molar refractivity (Wildman–Crippen MR) is 99.0 cm³/mol. The number of aliphatic hydroxyl groups excluding tert-OH is 1. The van der Waals surface area contributed by atoms with Crippen molar-refractivity contribution in [3.8, 4) is 0 Å². The van der Waals surface area contributed by atoms with Gasteiger partial charge >= 0.3 is 0 Å². The molecule has 0 radical (unpaired) electrons. The summed E-state index contributed by atoms with van der Waals surface area (Å²) in [5, 5.41) is 11.8. The number of carbonyl (C=O) groups is 1. The topological polar surface area (TPSA) is 49.3 Å². The molecule has 2 N–H and O–H groups in total. The van der Waals surface area contributed by atoms with Gasteiger partial charge in [0.05, 0.1) is 0 Å². The van der Waals surface area contributed by atoms with E-state index in [0.29, 0.717) is 12.1 Å². The fraction of sp³-hybridized carbons (Fsp3) is 0.350. The van der Waals surface area contributed by atoms with Crippen LogP contribution < -0.4 is 5.32 Å². The fourth-order valence-electron chi connectivity index (χ4n) is 1.70. The van der Waals surface area contributed by atoms with Crippen molar-refractivity contribution in [1.29, 1.82) is 0 Å². The second kappa shape index (κ2) is 11.4. The van der Waals surface area contributed by atoms with Gasteiger partial charge in [-0.15, -0.1) is 0 Å². The molecule has 1 amide bonds. The summed E-state index contributed by atoms with van der Waals surface area (Å²) in [5.41, 5.74) is 3.43. The highest BCUT2D eigenvalue weighted by Crippen LogP contribution is 2.14. The van der Waals surface area contributed by atoms with Gasteiger partial charge in [0.25, 0.3) is 5.91 Å². The van der Waals surface area contributed by atoms with Crippen molar-refractivity contribution in [3.63, 3.8) is 0 Å². The summed E-state index contributed by atoms with van der Waals surface area (Å²) in [4.78, 5) is 12.1. The lowest BCUT2D eigenvalue weighted by Gasteiger charge is -2.11. The van der Waals surface area contributed by atoms with E-state index in [-0.39, 0.29) is 18.4 Å². The molecule has 0 aromatic carbocycles. The Morgan fingerprint density at radius 1 is 1.30 bits per heavy atom. The number of hydrogen-bond donors (Lipinski definition) is 2. The molecular weight excluding hydrogens is 286 g/mol.